The van der Waals surface area contributed by atoms with Gasteiger partial charge in [0.2, 0.25) is 0 Å². The van der Waals surface area contributed by atoms with E-state index < -0.39 is 5.97 Å². The van der Waals surface area contributed by atoms with E-state index in [-0.39, 0.29) is 11.8 Å². The summed E-state index contributed by atoms with van der Waals surface area (Å²) >= 11 is 0. The highest BCUT2D eigenvalue weighted by atomic mass is 16.6. The molecule has 0 amide bonds. The summed E-state index contributed by atoms with van der Waals surface area (Å²) < 4.78 is 11.5. The number of nitrogens with zero attached hydrogens (tertiary/aromatic N) is 2. The van der Waals surface area contributed by atoms with Gasteiger partial charge in [-0.2, -0.15) is 5.10 Å². The number of ether oxygens (including phenoxy) is 2. The van der Waals surface area contributed by atoms with Crippen molar-refractivity contribution in [2.75, 3.05) is 19.5 Å². The van der Waals surface area contributed by atoms with Crippen molar-refractivity contribution < 1.29 is 14.3 Å². The number of hydrogen-bond acceptors (Lipinski definition) is 5. The Morgan fingerprint density at radius 3 is 2.88 bits per heavy atom. The summed E-state index contributed by atoms with van der Waals surface area (Å²) in [4.78, 5) is 11.6. The highest BCUT2D eigenvalue weighted by Crippen LogP contribution is 2.11. The molecule has 90 valence electrons. The Hall–Kier alpha value is -1.56. The molecule has 0 aliphatic heterocycles. The topological polar surface area (TPSA) is 79.4 Å². The number of hydrogen-bond donors (Lipinski definition) is 1. The summed E-state index contributed by atoms with van der Waals surface area (Å²) in [5.41, 5.74) is 6.14. The fourth-order valence-electron chi connectivity index (χ4n) is 1.26. The Morgan fingerprint density at radius 2 is 2.38 bits per heavy atom. The molecule has 1 heterocycles. The highest BCUT2D eigenvalue weighted by Gasteiger charge is 2.18. The fraction of sp³-hybridized carbons (Fsp3) is 0.600. The molecule has 1 rings (SSSR count). The Kier molecular flexibility index (Phi) is 4.30. The lowest BCUT2D eigenvalue weighted by Gasteiger charge is -2.10. The van der Waals surface area contributed by atoms with Gasteiger partial charge in [-0.25, -0.2) is 4.79 Å². The van der Waals surface area contributed by atoms with Gasteiger partial charge < -0.3 is 15.2 Å². The zero-order valence-corrected chi connectivity index (χ0v) is 9.77. The lowest BCUT2D eigenvalue weighted by Crippen LogP contribution is -2.20. The van der Waals surface area contributed by atoms with Crippen LogP contribution in [0.4, 0.5) is 5.69 Å². The van der Waals surface area contributed by atoms with Crippen molar-refractivity contribution in [1.82, 2.24) is 9.78 Å². The van der Waals surface area contributed by atoms with Gasteiger partial charge in [-0.3, -0.25) is 4.68 Å². The van der Waals surface area contributed by atoms with Crippen molar-refractivity contribution in [3.8, 4) is 0 Å². The molecule has 0 fully saturated rings. The first-order valence-electron chi connectivity index (χ1n) is 5.11. The van der Waals surface area contributed by atoms with E-state index in [0.29, 0.717) is 18.8 Å². The van der Waals surface area contributed by atoms with E-state index in [2.05, 4.69) is 5.10 Å². The molecule has 1 aromatic rings. The molecule has 2 N–H and O–H groups in total. The monoisotopic (exact) mass is 227 g/mol. The van der Waals surface area contributed by atoms with Crippen LogP contribution in [0.3, 0.4) is 0 Å². The molecule has 0 radical (unpaired) electrons. The van der Waals surface area contributed by atoms with Gasteiger partial charge in [-0.15, -0.1) is 0 Å². The van der Waals surface area contributed by atoms with Gasteiger partial charge in [-0.05, 0) is 13.8 Å². The number of nitrogens with two attached hydrogens (primary N) is 1. The van der Waals surface area contributed by atoms with Crippen LogP contribution in [0.15, 0.2) is 6.20 Å². The van der Waals surface area contributed by atoms with Crippen LogP contribution >= 0.6 is 0 Å². The van der Waals surface area contributed by atoms with E-state index in [9.17, 15) is 4.79 Å². The first kappa shape index (κ1) is 12.5. The first-order valence-corrected chi connectivity index (χ1v) is 5.11. The Labute approximate surface area is 94.3 Å². The van der Waals surface area contributed by atoms with E-state index in [0.717, 1.165) is 0 Å². The second kappa shape index (κ2) is 5.50. The van der Waals surface area contributed by atoms with Crippen LogP contribution < -0.4 is 5.73 Å². The summed E-state index contributed by atoms with van der Waals surface area (Å²) in [5, 5.41) is 4.02. The van der Waals surface area contributed by atoms with E-state index in [1.165, 1.54) is 0 Å². The van der Waals surface area contributed by atoms with Gasteiger partial charge in [0, 0.05) is 19.9 Å². The predicted molar refractivity (Wildman–Crippen MR) is 59.1 cm³/mol. The fourth-order valence-corrected chi connectivity index (χ4v) is 1.26. The second-order valence-electron chi connectivity index (χ2n) is 3.46. The molecule has 1 aromatic heterocycles. The minimum atomic E-state index is -0.519. The maximum absolute atomic E-state index is 11.6. The Bertz CT molecular complexity index is 362. The third-order valence-corrected chi connectivity index (χ3v) is 2.02. The van der Waals surface area contributed by atoms with E-state index >= 15 is 0 Å². The first-order chi connectivity index (χ1) is 7.58. The lowest BCUT2D eigenvalue weighted by atomic mass is 10.3. The number of carbonyl (C=O) groups is 1. The van der Waals surface area contributed by atoms with Crippen LogP contribution in [0.5, 0.6) is 0 Å². The lowest BCUT2D eigenvalue weighted by molar-refractivity contribution is 0.0114. The van der Waals surface area contributed by atoms with Gasteiger partial charge in [0.25, 0.3) is 0 Å². The van der Waals surface area contributed by atoms with Gasteiger partial charge >= 0.3 is 5.97 Å². The minimum absolute atomic E-state index is 0.157. The van der Waals surface area contributed by atoms with Gasteiger partial charge in [0.1, 0.15) is 6.10 Å². The van der Waals surface area contributed by atoms with Crippen LogP contribution in [0.2, 0.25) is 0 Å². The molecule has 0 aromatic carbocycles. The average molecular weight is 227 g/mol. The number of methoxy groups -OCH3 is 1. The molecule has 0 saturated heterocycles. The van der Waals surface area contributed by atoms with E-state index in [1.54, 1.807) is 24.9 Å². The van der Waals surface area contributed by atoms with Crippen molar-refractivity contribution in [3.05, 3.63) is 11.9 Å². The number of aromatic nitrogens is 2. The smallest absolute Gasteiger partial charge is 0.361 e. The summed E-state index contributed by atoms with van der Waals surface area (Å²) in [5.74, 6) is -0.519. The predicted octanol–water partition coefficient (Wildman–Crippen LogP) is 0.677. The summed E-state index contributed by atoms with van der Waals surface area (Å²) in [7, 11) is 1.55. The number of esters is 1. The third-order valence-electron chi connectivity index (χ3n) is 2.02. The average Bonchev–Trinajstić information content (AvgIpc) is 2.60. The third kappa shape index (κ3) is 2.96. The maximum Gasteiger partial charge on any atom is 0.361 e. The van der Waals surface area contributed by atoms with Crippen LogP contribution in [0.1, 0.15) is 24.3 Å². The number of rotatable bonds is 5. The van der Waals surface area contributed by atoms with Crippen LogP contribution in [-0.4, -0.2) is 35.6 Å². The molecule has 0 spiro atoms. The van der Waals surface area contributed by atoms with E-state index in [4.69, 9.17) is 15.2 Å². The molecule has 0 aliphatic rings. The normalized spacial score (nSPS) is 12.4. The highest BCUT2D eigenvalue weighted by molar-refractivity contribution is 5.92. The van der Waals surface area contributed by atoms with Crippen molar-refractivity contribution in [2.45, 2.75) is 26.5 Å². The maximum atomic E-state index is 11.6. The van der Waals surface area contributed by atoms with Crippen molar-refractivity contribution in [2.24, 2.45) is 0 Å². The molecule has 6 heteroatoms. The molecule has 0 bridgehead atoms. The zero-order chi connectivity index (χ0) is 12.1. The van der Waals surface area contributed by atoms with Crippen molar-refractivity contribution >= 4 is 11.7 Å². The van der Waals surface area contributed by atoms with Crippen LogP contribution in [0.25, 0.3) is 0 Å². The second-order valence-corrected chi connectivity index (χ2v) is 3.46. The van der Waals surface area contributed by atoms with E-state index in [1.807, 2.05) is 6.92 Å². The molecule has 16 heavy (non-hydrogen) atoms. The summed E-state index contributed by atoms with van der Waals surface area (Å²) in [6.07, 6.45) is 1.29. The molecule has 1 atom stereocenters. The minimum Gasteiger partial charge on any atom is -0.455 e. The largest absolute Gasteiger partial charge is 0.455 e. The quantitative estimate of drug-likeness (QED) is 0.748. The zero-order valence-electron chi connectivity index (χ0n) is 9.77. The summed E-state index contributed by atoms with van der Waals surface area (Å²) in [6, 6.07) is 0. The standard InChI is InChI=1S/C10H17N3O3/c1-4-13-5-8(11)9(12-13)10(14)16-7(2)6-15-3/h5,7H,4,6,11H2,1-3H3. The van der Waals surface area contributed by atoms with Gasteiger partial charge in [0.15, 0.2) is 5.69 Å². The molecule has 6 nitrogen and oxygen atoms in total. The molecular weight excluding hydrogens is 210 g/mol. The molecule has 0 saturated carbocycles. The number of aryl methyl sites for hydroxylation is 1. The Morgan fingerprint density at radius 1 is 1.69 bits per heavy atom. The van der Waals surface area contributed by atoms with Crippen molar-refractivity contribution in [1.29, 1.82) is 0 Å². The SMILES string of the molecule is CCn1cc(N)c(C(=O)OC(C)COC)n1. The van der Waals surface area contributed by atoms with Gasteiger partial charge in [-0.1, -0.05) is 0 Å². The number of nitrogen functional groups attached to an aromatic ring is 1. The molecule has 1 unspecified atom stereocenters. The molecular formula is C10H17N3O3. The number of carbonyl (C=O) groups excluding carboxylic acids is 1. The Balaban J connectivity index is 2.68. The molecule has 0 aliphatic carbocycles. The van der Waals surface area contributed by atoms with Gasteiger partial charge in [0.05, 0.1) is 12.3 Å². The van der Waals surface area contributed by atoms with Crippen molar-refractivity contribution in [3.63, 3.8) is 0 Å². The number of anilines is 1. The van der Waals surface area contributed by atoms with Crippen LogP contribution in [-0.2, 0) is 16.0 Å². The summed E-state index contributed by atoms with van der Waals surface area (Å²) in [6.45, 7) is 4.66. The van der Waals surface area contributed by atoms with Crippen LogP contribution in [0, 0.1) is 0 Å².